The third-order valence-corrected chi connectivity index (χ3v) is 2.91. The van der Waals surface area contributed by atoms with Crippen molar-refractivity contribution in [3.05, 3.63) is 21.8 Å². The van der Waals surface area contributed by atoms with E-state index in [1.165, 1.54) is 0 Å². The van der Waals surface area contributed by atoms with Crippen LogP contribution in [0.1, 0.15) is 20.3 Å². The summed E-state index contributed by atoms with van der Waals surface area (Å²) in [4.78, 5) is 4.18. The summed E-state index contributed by atoms with van der Waals surface area (Å²) in [6, 6.07) is 1.82. The fourth-order valence-corrected chi connectivity index (χ4v) is 1.90. The van der Waals surface area contributed by atoms with E-state index in [1.807, 2.05) is 6.07 Å². The molecule has 96 valence electrons. The molecule has 0 aliphatic rings. The van der Waals surface area contributed by atoms with E-state index in [-0.39, 0.29) is 0 Å². The molecule has 1 heterocycles. The van der Waals surface area contributed by atoms with E-state index in [0.29, 0.717) is 29.9 Å². The maximum Gasteiger partial charge on any atom is 0.144 e. The van der Waals surface area contributed by atoms with Crippen LogP contribution in [0.2, 0.25) is 5.02 Å². The number of anilines is 1. The number of hydrogen-bond acceptors (Lipinski definition) is 3. The number of rotatable bonds is 7. The fourth-order valence-electron chi connectivity index (χ4n) is 1.21. The summed E-state index contributed by atoms with van der Waals surface area (Å²) in [5.41, 5.74) is 0. The number of ether oxygens (including phenoxy) is 1. The van der Waals surface area contributed by atoms with E-state index in [4.69, 9.17) is 16.3 Å². The monoisotopic (exact) mass is 320 g/mol. The molecule has 17 heavy (non-hydrogen) atoms. The first-order chi connectivity index (χ1) is 8.09. The number of nitrogens with zero attached hydrogens (tertiary/aromatic N) is 1. The smallest absolute Gasteiger partial charge is 0.144 e. The minimum absolute atomic E-state index is 0.613. The molecule has 0 bridgehead atoms. The molecule has 0 atom stereocenters. The normalized spacial score (nSPS) is 10.9. The van der Waals surface area contributed by atoms with Crippen molar-refractivity contribution >= 4 is 33.3 Å². The number of hydrogen-bond donors (Lipinski definition) is 1. The van der Waals surface area contributed by atoms with Gasteiger partial charge in [0.25, 0.3) is 0 Å². The van der Waals surface area contributed by atoms with Gasteiger partial charge in [-0.1, -0.05) is 25.4 Å². The van der Waals surface area contributed by atoms with Gasteiger partial charge in [0.2, 0.25) is 0 Å². The van der Waals surface area contributed by atoms with Crippen LogP contribution in [0, 0.1) is 5.92 Å². The molecule has 3 nitrogen and oxygen atoms in total. The van der Waals surface area contributed by atoms with E-state index in [2.05, 4.69) is 40.1 Å². The second-order valence-electron chi connectivity index (χ2n) is 4.21. The number of nitrogens with one attached hydrogen (secondary N) is 1. The molecular formula is C12H18BrClN2O. The molecule has 1 aromatic rings. The van der Waals surface area contributed by atoms with E-state index in [9.17, 15) is 0 Å². The predicted molar refractivity (Wildman–Crippen MR) is 75.7 cm³/mol. The molecular weight excluding hydrogens is 304 g/mol. The van der Waals surface area contributed by atoms with Gasteiger partial charge in [0, 0.05) is 23.8 Å². The van der Waals surface area contributed by atoms with Crippen molar-refractivity contribution in [1.82, 2.24) is 4.98 Å². The zero-order valence-corrected chi connectivity index (χ0v) is 12.5. The van der Waals surface area contributed by atoms with Crippen LogP contribution >= 0.6 is 27.5 Å². The van der Waals surface area contributed by atoms with Crippen LogP contribution in [0.15, 0.2) is 16.7 Å². The Morgan fingerprint density at radius 3 is 2.88 bits per heavy atom. The van der Waals surface area contributed by atoms with Crippen LogP contribution in [0.25, 0.3) is 0 Å². The SMILES string of the molecule is CC(C)CCOCCNc1ncc(Br)cc1Cl. The maximum atomic E-state index is 6.02. The Bertz CT molecular complexity index is 347. The van der Waals surface area contributed by atoms with Crippen molar-refractivity contribution in [1.29, 1.82) is 0 Å². The summed E-state index contributed by atoms with van der Waals surface area (Å²) in [6.07, 6.45) is 2.81. The highest BCUT2D eigenvalue weighted by Gasteiger charge is 2.01. The Hall–Kier alpha value is -0.320. The zero-order valence-electron chi connectivity index (χ0n) is 10.2. The Kier molecular flexibility index (Phi) is 6.85. The van der Waals surface area contributed by atoms with E-state index in [0.717, 1.165) is 17.5 Å². The van der Waals surface area contributed by atoms with Crippen molar-refractivity contribution < 1.29 is 4.74 Å². The van der Waals surface area contributed by atoms with Crippen molar-refractivity contribution in [2.24, 2.45) is 5.92 Å². The van der Waals surface area contributed by atoms with Gasteiger partial charge in [-0.25, -0.2) is 4.98 Å². The van der Waals surface area contributed by atoms with Crippen LogP contribution in [0.5, 0.6) is 0 Å². The van der Waals surface area contributed by atoms with Crippen LogP contribution < -0.4 is 5.32 Å². The van der Waals surface area contributed by atoms with Crippen LogP contribution in [0.3, 0.4) is 0 Å². The average Bonchev–Trinajstić information content (AvgIpc) is 2.25. The highest BCUT2D eigenvalue weighted by molar-refractivity contribution is 9.10. The van der Waals surface area contributed by atoms with Gasteiger partial charge in [0.05, 0.1) is 11.6 Å². The van der Waals surface area contributed by atoms with Crippen molar-refractivity contribution in [3.63, 3.8) is 0 Å². The van der Waals surface area contributed by atoms with Gasteiger partial charge < -0.3 is 10.1 Å². The molecule has 0 saturated heterocycles. The molecule has 0 unspecified atom stereocenters. The molecule has 0 saturated carbocycles. The van der Waals surface area contributed by atoms with Gasteiger partial charge in [0.1, 0.15) is 5.82 Å². The summed E-state index contributed by atoms with van der Waals surface area (Å²) in [5.74, 6) is 1.38. The van der Waals surface area contributed by atoms with Crippen LogP contribution in [0.4, 0.5) is 5.82 Å². The quantitative estimate of drug-likeness (QED) is 0.772. The van der Waals surface area contributed by atoms with Gasteiger partial charge in [-0.15, -0.1) is 0 Å². The summed E-state index contributed by atoms with van der Waals surface area (Å²) in [5, 5.41) is 3.75. The molecule has 1 aromatic heterocycles. The first kappa shape index (κ1) is 14.7. The highest BCUT2D eigenvalue weighted by Crippen LogP contribution is 2.22. The molecule has 0 aliphatic heterocycles. The molecule has 0 amide bonds. The lowest BCUT2D eigenvalue weighted by Gasteiger charge is -2.09. The average molecular weight is 322 g/mol. The van der Waals surface area contributed by atoms with Gasteiger partial charge in [-0.2, -0.15) is 0 Å². The Morgan fingerprint density at radius 2 is 2.24 bits per heavy atom. The zero-order chi connectivity index (χ0) is 12.7. The van der Waals surface area contributed by atoms with Crippen molar-refractivity contribution in [2.45, 2.75) is 20.3 Å². The third-order valence-electron chi connectivity index (χ3n) is 2.19. The summed E-state index contributed by atoms with van der Waals surface area (Å²) in [6.45, 7) is 6.56. The third kappa shape index (κ3) is 6.24. The molecule has 1 N–H and O–H groups in total. The number of pyridine rings is 1. The molecule has 0 radical (unpaired) electrons. The molecule has 0 aliphatic carbocycles. The minimum atomic E-state index is 0.613. The van der Waals surface area contributed by atoms with Crippen molar-refractivity contribution in [3.8, 4) is 0 Å². The fraction of sp³-hybridized carbons (Fsp3) is 0.583. The Balaban J connectivity index is 2.18. The maximum absolute atomic E-state index is 6.02. The van der Waals surface area contributed by atoms with E-state index < -0.39 is 0 Å². The second kappa shape index (κ2) is 7.90. The highest BCUT2D eigenvalue weighted by atomic mass is 79.9. The first-order valence-electron chi connectivity index (χ1n) is 5.72. The minimum Gasteiger partial charge on any atom is -0.380 e. The summed E-state index contributed by atoms with van der Waals surface area (Å²) < 4.78 is 6.36. The lowest BCUT2D eigenvalue weighted by molar-refractivity contribution is 0.132. The summed E-state index contributed by atoms with van der Waals surface area (Å²) >= 11 is 9.33. The number of halogens is 2. The molecule has 0 aromatic carbocycles. The van der Waals surface area contributed by atoms with Gasteiger partial charge >= 0.3 is 0 Å². The largest absolute Gasteiger partial charge is 0.380 e. The van der Waals surface area contributed by atoms with E-state index in [1.54, 1.807) is 6.20 Å². The van der Waals surface area contributed by atoms with Gasteiger partial charge in [-0.05, 0) is 34.3 Å². The molecule has 1 rings (SSSR count). The topological polar surface area (TPSA) is 34.1 Å². The summed E-state index contributed by atoms with van der Waals surface area (Å²) in [7, 11) is 0. The Morgan fingerprint density at radius 1 is 1.47 bits per heavy atom. The molecule has 5 heteroatoms. The van der Waals surface area contributed by atoms with Crippen LogP contribution in [-0.2, 0) is 4.74 Å². The second-order valence-corrected chi connectivity index (χ2v) is 5.53. The molecule has 0 fully saturated rings. The molecule has 0 spiro atoms. The Labute approximate surface area is 116 Å². The lowest BCUT2D eigenvalue weighted by Crippen LogP contribution is -2.11. The number of aromatic nitrogens is 1. The van der Waals surface area contributed by atoms with Crippen LogP contribution in [-0.4, -0.2) is 24.7 Å². The van der Waals surface area contributed by atoms with Crippen molar-refractivity contribution in [2.75, 3.05) is 25.1 Å². The van der Waals surface area contributed by atoms with E-state index >= 15 is 0 Å². The lowest BCUT2D eigenvalue weighted by atomic mass is 10.1. The van der Waals surface area contributed by atoms with Gasteiger partial charge in [0.15, 0.2) is 0 Å². The van der Waals surface area contributed by atoms with Gasteiger partial charge in [-0.3, -0.25) is 0 Å². The predicted octanol–water partition coefficient (Wildman–Crippen LogP) is 3.97. The standard InChI is InChI=1S/C12H18BrClN2O/c1-9(2)3-5-17-6-4-15-12-11(14)7-10(13)8-16-12/h7-9H,3-6H2,1-2H3,(H,15,16). The first-order valence-corrected chi connectivity index (χ1v) is 6.89.